The van der Waals surface area contributed by atoms with Crippen LogP contribution in [0.5, 0.6) is 0 Å². The lowest BCUT2D eigenvalue weighted by molar-refractivity contribution is -0.121. The van der Waals surface area contributed by atoms with Crippen LogP contribution in [-0.2, 0) is 9.53 Å². The number of nitrogens with one attached hydrogen (secondary N) is 2. The van der Waals surface area contributed by atoms with Gasteiger partial charge in [-0.25, -0.2) is 4.79 Å². The maximum atomic E-state index is 11.4. The van der Waals surface area contributed by atoms with Gasteiger partial charge < -0.3 is 10.1 Å². The van der Waals surface area contributed by atoms with Crippen LogP contribution in [0.2, 0.25) is 0 Å². The summed E-state index contributed by atoms with van der Waals surface area (Å²) in [6.45, 7) is 4.03. The van der Waals surface area contributed by atoms with E-state index < -0.39 is 6.09 Å². The third kappa shape index (κ3) is 5.65. The molecular weight excluding hydrogens is 222 g/mol. The molecule has 6 nitrogen and oxygen atoms in total. The third-order valence-corrected chi connectivity index (χ3v) is 2.62. The Morgan fingerprint density at radius 3 is 2.88 bits per heavy atom. The number of ether oxygens (including phenoxy) is 1. The Kier molecular flexibility index (Phi) is 5.93. The fourth-order valence-corrected chi connectivity index (χ4v) is 1.92. The molecule has 0 bridgehead atoms. The molecule has 0 saturated carbocycles. The first kappa shape index (κ1) is 13.9. The van der Waals surface area contributed by atoms with Gasteiger partial charge in [0.2, 0.25) is 5.91 Å². The van der Waals surface area contributed by atoms with E-state index in [1.165, 1.54) is 6.42 Å². The number of nitrogens with zero attached hydrogens (tertiary/aromatic N) is 1. The number of alkyl carbamates (subject to hydrolysis) is 1. The van der Waals surface area contributed by atoms with E-state index >= 15 is 0 Å². The summed E-state index contributed by atoms with van der Waals surface area (Å²) in [6.07, 6.45) is 1.65. The first-order valence-corrected chi connectivity index (χ1v) is 6.00. The maximum Gasteiger partial charge on any atom is 0.413 e. The second-order valence-corrected chi connectivity index (χ2v) is 4.26. The summed E-state index contributed by atoms with van der Waals surface area (Å²) in [4.78, 5) is 24.3. The average molecular weight is 243 g/mol. The monoisotopic (exact) mass is 243 g/mol. The van der Waals surface area contributed by atoms with Gasteiger partial charge in [-0.15, -0.1) is 0 Å². The molecule has 2 amide bonds. The molecule has 6 heteroatoms. The van der Waals surface area contributed by atoms with E-state index in [0.717, 1.165) is 19.5 Å². The maximum absolute atomic E-state index is 11.4. The number of amides is 2. The van der Waals surface area contributed by atoms with Crippen molar-refractivity contribution in [3.05, 3.63) is 0 Å². The molecule has 17 heavy (non-hydrogen) atoms. The Bertz CT molecular complexity index is 265. The molecule has 0 radical (unpaired) electrons. The van der Waals surface area contributed by atoms with Crippen LogP contribution >= 0.6 is 0 Å². The summed E-state index contributed by atoms with van der Waals surface area (Å²) in [5.74, 6) is -0.330. The third-order valence-electron chi connectivity index (χ3n) is 2.62. The zero-order chi connectivity index (χ0) is 12.7. The van der Waals surface area contributed by atoms with Gasteiger partial charge in [0.05, 0.1) is 13.2 Å². The predicted molar refractivity (Wildman–Crippen MR) is 63.7 cm³/mol. The van der Waals surface area contributed by atoms with Crippen LogP contribution in [0, 0.1) is 0 Å². The Balaban J connectivity index is 2.18. The molecule has 1 rings (SSSR count). The molecule has 1 heterocycles. The van der Waals surface area contributed by atoms with Gasteiger partial charge in [0.1, 0.15) is 0 Å². The predicted octanol–water partition coefficient (Wildman–Crippen LogP) is -0.0571. The minimum absolute atomic E-state index is 0.205. The largest absolute Gasteiger partial charge is 0.450 e. The van der Waals surface area contributed by atoms with Crippen molar-refractivity contribution in [2.24, 2.45) is 0 Å². The number of likely N-dealkylation sites (N-methyl/N-ethyl adjacent to an activating group) is 1. The van der Waals surface area contributed by atoms with Crippen LogP contribution in [0.15, 0.2) is 0 Å². The van der Waals surface area contributed by atoms with Gasteiger partial charge in [0, 0.05) is 12.6 Å². The first-order chi connectivity index (χ1) is 8.11. The molecule has 1 unspecified atom stereocenters. The molecule has 0 aromatic rings. The van der Waals surface area contributed by atoms with Crippen LogP contribution in [0.25, 0.3) is 0 Å². The van der Waals surface area contributed by atoms with E-state index in [9.17, 15) is 9.59 Å². The Labute approximate surface area is 102 Å². The first-order valence-electron chi connectivity index (χ1n) is 6.00. The topological polar surface area (TPSA) is 70.7 Å². The summed E-state index contributed by atoms with van der Waals surface area (Å²) in [5.41, 5.74) is 0. The van der Waals surface area contributed by atoms with Crippen LogP contribution in [0.1, 0.15) is 19.8 Å². The summed E-state index contributed by atoms with van der Waals surface area (Å²) in [5, 5.41) is 5.53. The normalized spacial score (nSPS) is 19.4. The zero-order valence-electron chi connectivity index (χ0n) is 10.5. The Hall–Kier alpha value is -1.14. The van der Waals surface area contributed by atoms with Crippen LogP contribution in [0.4, 0.5) is 4.79 Å². The van der Waals surface area contributed by atoms with Gasteiger partial charge >= 0.3 is 6.09 Å². The fraction of sp³-hybridized carbons (Fsp3) is 0.818. The van der Waals surface area contributed by atoms with Crippen molar-refractivity contribution in [2.45, 2.75) is 25.8 Å². The molecule has 1 saturated heterocycles. The van der Waals surface area contributed by atoms with Gasteiger partial charge in [0.15, 0.2) is 0 Å². The molecule has 1 atom stereocenters. The van der Waals surface area contributed by atoms with Crippen LogP contribution in [0.3, 0.4) is 0 Å². The van der Waals surface area contributed by atoms with E-state index in [-0.39, 0.29) is 19.1 Å². The number of rotatable bonds is 5. The molecule has 1 fully saturated rings. The lowest BCUT2D eigenvalue weighted by Crippen LogP contribution is -2.42. The van der Waals surface area contributed by atoms with Crippen molar-refractivity contribution in [3.8, 4) is 0 Å². The van der Waals surface area contributed by atoms with Crippen molar-refractivity contribution in [1.29, 1.82) is 0 Å². The van der Waals surface area contributed by atoms with Gasteiger partial charge in [-0.1, -0.05) is 0 Å². The smallest absolute Gasteiger partial charge is 0.413 e. The highest BCUT2D eigenvalue weighted by Gasteiger charge is 2.17. The SMILES string of the molecule is CCOC(=O)NC(=O)CN(C)CC1CCCN1. The number of hydrogen-bond donors (Lipinski definition) is 2. The van der Waals surface area contributed by atoms with Gasteiger partial charge in [-0.05, 0) is 33.4 Å². The van der Waals surface area contributed by atoms with Crippen molar-refractivity contribution in [1.82, 2.24) is 15.5 Å². The van der Waals surface area contributed by atoms with E-state index in [1.54, 1.807) is 6.92 Å². The van der Waals surface area contributed by atoms with Crippen molar-refractivity contribution >= 4 is 12.0 Å². The molecule has 0 spiro atoms. The number of carbonyl (C=O) groups excluding carboxylic acids is 2. The minimum Gasteiger partial charge on any atom is -0.450 e. The molecular formula is C11H21N3O3. The van der Waals surface area contributed by atoms with E-state index in [0.29, 0.717) is 6.04 Å². The Morgan fingerprint density at radius 2 is 2.29 bits per heavy atom. The zero-order valence-corrected chi connectivity index (χ0v) is 10.5. The highest BCUT2D eigenvalue weighted by molar-refractivity contribution is 5.92. The highest BCUT2D eigenvalue weighted by atomic mass is 16.5. The number of imide groups is 1. The van der Waals surface area contributed by atoms with E-state index in [2.05, 4.69) is 15.4 Å². The van der Waals surface area contributed by atoms with Gasteiger partial charge in [-0.3, -0.25) is 15.0 Å². The summed E-state index contributed by atoms with van der Waals surface area (Å²) in [6, 6.07) is 0.454. The summed E-state index contributed by atoms with van der Waals surface area (Å²) in [7, 11) is 1.87. The van der Waals surface area contributed by atoms with Crippen molar-refractivity contribution < 1.29 is 14.3 Å². The molecule has 0 aromatic heterocycles. The highest BCUT2D eigenvalue weighted by Crippen LogP contribution is 2.05. The fourth-order valence-electron chi connectivity index (χ4n) is 1.92. The molecule has 98 valence electrons. The van der Waals surface area contributed by atoms with E-state index in [1.807, 2.05) is 11.9 Å². The average Bonchev–Trinajstić information content (AvgIpc) is 2.69. The van der Waals surface area contributed by atoms with E-state index in [4.69, 9.17) is 0 Å². The quantitative estimate of drug-likeness (QED) is 0.708. The lowest BCUT2D eigenvalue weighted by Gasteiger charge is -2.20. The molecule has 0 aliphatic carbocycles. The standard InChI is InChI=1S/C11H21N3O3/c1-3-17-11(16)13-10(15)8-14(2)7-9-5-4-6-12-9/h9,12H,3-8H2,1-2H3,(H,13,15,16). The number of hydrogen-bond acceptors (Lipinski definition) is 5. The van der Waals surface area contributed by atoms with Gasteiger partial charge in [-0.2, -0.15) is 0 Å². The number of carbonyl (C=O) groups is 2. The van der Waals surface area contributed by atoms with Crippen molar-refractivity contribution in [2.75, 3.05) is 33.3 Å². The van der Waals surface area contributed by atoms with Crippen LogP contribution < -0.4 is 10.6 Å². The van der Waals surface area contributed by atoms with Crippen LogP contribution in [-0.4, -0.2) is 56.2 Å². The summed E-state index contributed by atoms with van der Waals surface area (Å²) >= 11 is 0. The van der Waals surface area contributed by atoms with Gasteiger partial charge in [0.25, 0.3) is 0 Å². The second kappa shape index (κ2) is 7.24. The lowest BCUT2D eigenvalue weighted by atomic mass is 10.2. The second-order valence-electron chi connectivity index (χ2n) is 4.26. The molecule has 1 aliphatic heterocycles. The minimum atomic E-state index is -0.676. The summed E-state index contributed by atoms with van der Waals surface area (Å²) < 4.78 is 4.63. The molecule has 1 aliphatic rings. The molecule has 0 aromatic carbocycles. The molecule has 2 N–H and O–H groups in total. The van der Waals surface area contributed by atoms with Crippen molar-refractivity contribution in [3.63, 3.8) is 0 Å². The Morgan fingerprint density at radius 1 is 1.53 bits per heavy atom.